The summed E-state index contributed by atoms with van der Waals surface area (Å²) in [6.45, 7) is 0. The Morgan fingerprint density at radius 2 is 1.81 bits per heavy atom. The van der Waals surface area contributed by atoms with Gasteiger partial charge in [-0.3, -0.25) is 15.1 Å². The van der Waals surface area contributed by atoms with Crippen LogP contribution in [0.2, 0.25) is 0 Å². The molecule has 0 radical (unpaired) electrons. The van der Waals surface area contributed by atoms with Crippen LogP contribution in [0.4, 0.5) is 10.1 Å². The van der Waals surface area contributed by atoms with Gasteiger partial charge in [0.05, 0.1) is 28.3 Å². The van der Waals surface area contributed by atoms with Crippen molar-refractivity contribution in [3.05, 3.63) is 79.0 Å². The number of pyridine rings is 3. The lowest BCUT2D eigenvalue weighted by atomic mass is 10.1. The van der Waals surface area contributed by atoms with Crippen LogP contribution in [-0.4, -0.2) is 30.1 Å². The molecule has 0 aliphatic rings. The van der Waals surface area contributed by atoms with Gasteiger partial charge in [0.2, 0.25) is 0 Å². The highest BCUT2D eigenvalue weighted by atomic mass is 19.1. The maximum Gasteiger partial charge on any atom is 0.135 e. The number of anilines is 1. The molecule has 0 aliphatic carbocycles. The molecule has 6 rings (SSSR count). The van der Waals surface area contributed by atoms with Gasteiger partial charge >= 0.3 is 0 Å². The molecule has 154 valence electrons. The molecular formula is C24H16FN7. The Labute approximate surface area is 181 Å². The Bertz CT molecular complexity index is 1620. The van der Waals surface area contributed by atoms with E-state index in [9.17, 15) is 4.39 Å². The molecule has 0 saturated carbocycles. The molecule has 0 aliphatic heterocycles. The molecule has 5 aromatic heterocycles. The van der Waals surface area contributed by atoms with Crippen LogP contribution in [0.1, 0.15) is 0 Å². The normalized spacial score (nSPS) is 11.4. The number of nitrogens with one attached hydrogen (secondary N) is 2. The van der Waals surface area contributed by atoms with Crippen molar-refractivity contribution in [2.24, 2.45) is 0 Å². The fourth-order valence-electron chi connectivity index (χ4n) is 3.89. The molecule has 5 heterocycles. The van der Waals surface area contributed by atoms with Crippen LogP contribution < -0.4 is 5.73 Å². The van der Waals surface area contributed by atoms with Gasteiger partial charge in [-0.05, 0) is 42.5 Å². The monoisotopic (exact) mass is 421 g/mol. The number of rotatable bonds is 3. The molecule has 0 atom stereocenters. The van der Waals surface area contributed by atoms with Gasteiger partial charge in [-0.15, -0.1) is 0 Å². The minimum absolute atomic E-state index is 0.317. The van der Waals surface area contributed by atoms with Crippen LogP contribution in [0.3, 0.4) is 0 Å². The summed E-state index contributed by atoms with van der Waals surface area (Å²) in [4.78, 5) is 16.8. The molecule has 4 N–H and O–H groups in total. The summed E-state index contributed by atoms with van der Waals surface area (Å²) < 4.78 is 14.4. The Hall–Kier alpha value is -4.59. The van der Waals surface area contributed by atoms with Gasteiger partial charge in [-0.2, -0.15) is 5.10 Å². The standard InChI is InChI=1S/C24H16FN7/c25-17-4-2-1-3-15(17)22-16-10-21(29-19(16)7-8-28-22)24-23-20(31-32-24)6-5-18(30-23)13-9-14(26)12-27-11-13/h1-12,29H,26H2,(H,31,32). The number of nitrogens with zero attached hydrogens (tertiary/aromatic N) is 4. The van der Waals surface area contributed by atoms with Crippen LogP contribution in [0.5, 0.6) is 0 Å². The third-order valence-electron chi connectivity index (χ3n) is 5.40. The zero-order chi connectivity index (χ0) is 21.7. The number of halogens is 1. The van der Waals surface area contributed by atoms with Gasteiger partial charge in [0.15, 0.2) is 0 Å². The topological polar surface area (TPSA) is 109 Å². The van der Waals surface area contributed by atoms with Gasteiger partial charge < -0.3 is 10.7 Å². The van der Waals surface area contributed by atoms with Gasteiger partial charge in [-0.1, -0.05) is 12.1 Å². The van der Waals surface area contributed by atoms with Gasteiger partial charge in [0, 0.05) is 40.6 Å². The molecule has 6 aromatic rings. The number of hydrogen-bond donors (Lipinski definition) is 3. The van der Waals surface area contributed by atoms with Crippen LogP contribution >= 0.6 is 0 Å². The highest BCUT2D eigenvalue weighted by molar-refractivity contribution is 5.99. The van der Waals surface area contributed by atoms with Crippen LogP contribution in [0.15, 0.2) is 73.2 Å². The zero-order valence-corrected chi connectivity index (χ0v) is 16.7. The molecule has 0 spiro atoms. The molecule has 8 heteroatoms. The molecule has 32 heavy (non-hydrogen) atoms. The van der Waals surface area contributed by atoms with Gasteiger partial charge in [-0.25, -0.2) is 9.37 Å². The van der Waals surface area contributed by atoms with E-state index in [1.165, 1.54) is 6.07 Å². The van der Waals surface area contributed by atoms with Crippen LogP contribution in [-0.2, 0) is 0 Å². The zero-order valence-electron chi connectivity index (χ0n) is 16.7. The average Bonchev–Trinajstić information content (AvgIpc) is 3.43. The minimum Gasteiger partial charge on any atom is -0.397 e. The van der Waals surface area contributed by atoms with Crippen molar-refractivity contribution in [2.45, 2.75) is 0 Å². The van der Waals surface area contributed by atoms with E-state index in [1.54, 1.807) is 36.8 Å². The van der Waals surface area contributed by atoms with E-state index in [4.69, 9.17) is 10.7 Å². The molecule has 7 nitrogen and oxygen atoms in total. The Morgan fingerprint density at radius 3 is 2.69 bits per heavy atom. The van der Waals surface area contributed by atoms with E-state index >= 15 is 0 Å². The fraction of sp³-hybridized carbons (Fsp3) is 0. The first kappa shape index (κ1) is 18.2. The summed E-state index contributed by atoms with van der Waals surface area (Å²) in [5.41, 5.74) is 12.8. The smallest absolute Gasteiger partial charge is 0.135 e. The predicted octanol–water partition coefficient (Wildman–Crippen LogP) is 4.95. The Morgan fingerprint density at radius 1 is 0.906 bits per heavy atom. The Kier molecular flexibility index (Phi) is 3.97. The number of nitrogens with two attached hydrogens (primary N) is 1. The second-order valence-corrected chi connectivity index (χ2v) is 7.46. The van der Waals surface area contributed by atoms with E-state index in [1.807, 2.05) is 30.3 Å². The second-order valence-electron chi connectivity index (χ2n) is 7.46. The summed E-state index contributed by atoms with van der Waals surface area (Å²) in [5.74, 6) is -0.317. The van der Waals surface area contributed by atoms with Crippen molar-refractivity contribution in [3.63, 3.8) is 0 Å². The summed E-state index contributed by atoms with van der Waals surface area (Å²) in [6.07, 6.45) is 4.98. The molecule has 1 aromatic carbocycles. The van der Waals surface area contributed by atoms with Crippen LogP contribution in [0, 0.1) is 5.82 Å². The van der Waals surface area contributed by atoms with E-state index in [0.717, 1.165) is 33.4 Å². The van der Waals surface area contributed by atoms with Crippen molar-refractivity contribution in [1.29, 1.82) is 0 Å². The lowest BCUT2D eigenvalue weighted by Crippen LogP contribution is -1.90. The molecule has 0 bridgehead atoms. The molecule has 0 saturated heterocycles. The van der Waals surface area contributed by atoms with Gasteiger partial charge in [0.25, 0.3) is 0 Å². The first-order valence-electron chi connectivity index (χ1n) is 9.96. The molecule has 0 fully saturated rings. The Balaban J connectivity index is 1.52. The van der Waals surface area contributed by atoms with Crippen molar-refractivity contribution in [2.75, 3.05) is 5.73 Å². The largest absolute Gasteiger partial charge is 0.397 e. The second kappa shape index (κ2) is 6.98. The summed E-state index contributed by atoms with van der Waals surface area (Å²) >= 11 is 0. The number of aromatic nitrogens is 6. The number of H-pyrrole nitrogens is 2. The van der Waals surface area contributed by atoms with E-state index in [-0.39, 0.29) is 5.82 Å². The predicted molar refractivity (Wildman–Crippen MR) is 122 cm³/mol. The number of nitrogen functional groups attached to an aromatic ring is 1. The quantitative estimate of drug-likeness (QED) is 0.374. The van der Waals surface area contributed by atoms with Crippen molar-refractivity contribution >= 4 is 27.6 Å². The van der Waals surface area contributed by atoms with E-state index in [2.05, 4.69) is 25.1 Å². The average molecular weight is 421 g/mol. The SMILES string of the molecule is Nc1cncc(-c2ccc3[nH]nc(-c4cc5c(-c6ccccc6F)nccc5[nH]4)c3n2)c1. The maximum absolute atomic E-state index is 14.4. The third kappa shape index (κ3) is 2.89. The fourth-order valence-corrected chi connectivity index (χ4v) is 3.89. The van der Waals surface area contributed by atoms with Crippen LogP contribution in [0.25, 0.3) is 55.8 Å². The van der Waals surface area contributed by atoms with Crippen molar-refractivity contribution in [1.82, 2.24) is 30.1 Å². The number of hydrogen-bond acceptors (Lipinski definition) is 5. The molecule has 0 amide bonds. The van der Waals surface area contributed by atoms with Crippen molar-refractivity contribution < 1.29 is 4.39 Å². The number of aromatic amines is 2. The first-order valence-corrected chi connectivity index (χ1v) is 9.96. The number of benzene rings is 1. The van der Waals surface area contributed by atoms with E-state index in [0.29, 0.717) is 28.2 Å². The minimum atomic E-state index is -0.317. The van der Waals surface area contributed by atoms with Crippen molar-refractivity contribution in [3.8, 4) is 33.9 Å². The summed E-state index contributed by atoms with van der Waals surface area (Å²) in [7, 11) is 0. The third-order valence-corrected chi connectivity index (χ3v) is 5.40. The van der Waals surface area contributed by atoms with Gasteiger partial charge in [0.1, 0.15) is 17.0 Å². The molecular weight excluding hydrogens is 405 g/mol. The maximum atomic E-state index is 14.4. The van der Waals surface area contributed by atoms with E-state index < -0.39 is 0 Å². The first-order chi connectivity index (χ1) is 15.7. The molecule has 0 unspecified atom stereocenters. The lowest BCUT2D eigenvalue weighted by Gasteiger charge is -2.03. The highest BCUT2D eigenvalue weighted by Gasteiger charge is 2.17. The highest BCUT2D eigenvalue weighted by Crippen LogP contribution is 2.33. The lowest BCUT2D eigenvalue weighted by molar-refractivity contribution is 0.631. The number of fused-ring (bicyclic) bond motifs is 2. The summed E-state index contributed by atoms with van der Waals surface area (Å²) in [6, 6.07) is 16.0. The summed E-state index contributed by atoms with van der Waals surface area (Å²) in [5, 5.41) is 8.31.